The Morgan fingerprint density at radius 2 is 2.00 bits per heavy atom. The number of aliphatic hydroxyl groups excluding tert-OH is 1. The molecule has 2 N–H and O–H groups in total. The molecule has 1 heterocycles. The van der Waals surface area contributed by atoms with Crippen LogP contribution < -0.4 is 0 Å². The molecule has 1 aliphatic carbocycles. The molecule has 0 aromatic rings. The van der Waals surface area contributed by atoms with Crippen molar-refractivity contribution >= 4 is 17.9 Å². The van der Waals surface area contributed by atoms with E-state index >= 15 is 0 Å². The number of aliphatic hydroxyl groups is 2. The van der Waals surface area contributed by atoms with E-state index in [0.717, 1.165) is 0 Å². The fourth-order valence-corrected chi connectivity index (χ4v) is 3.29. The van der Waals surface area contributed by atoms with E-state index < -0.39 is 42.3 Å². The van der Waals surface area contributed by atoms with Gasteiger partial charge in [0.25, 0.3) is 0 Å². The summed E-state index contributed by atoms with van der Waals surface area (Å²) in [5.41, 5.74) is -0.516. The summed E-state index contributed by atoms with van der Waals surface area (Å²) in [5, 5.41) is 20.5. The van der Waals surface area contributed by atoms with E-state index in [2.05, 4.69) is 6.58 Å². The van der Waals surface area contributed by atoms with Gasteiger partial charge in [0, 0.05) is 30.9 Å². The van der Waals surface area contributed by atoms with Gasteiger partial charge in [-0.1, -0.05) is 12.2 Å². The Labute approximate surface area is 169 Å². The van der Waals surface area contributed by atoms with Crippen LogP contribution in [0.1, 0.15) is 40.5 Å². The highest BCUT2D eigenvalue weighted by molar-refractivity contribution is 5.95. The van der Waals surface area contributed by atoms with Crippen LogP contribution in [0.5, 0.6) is 0 Å². The zero-order valence-electron chi connectivity index (χ0n) is 17.0. The van der Waals surface area contributed by atoms with Gasteiger partial charge in [-0.2, -0.15) is 0 Å². The maximum absolute atomic E-state index is 12.2. The smallest absolute Gasteiger partial charge is 0.342 e. The lowest BCUT2D eigenvalue weighted by Gasteiger charge is -2.28. The fraction of sp³-hybridized carbons (Fsp3) is 0.476. The highest BCUT2D eigenvalue weighted by Gasteiger charge is 2.39. The molecule has 2 rings (SSSR count). The predicted octanol–water partition coefficient (Wildman–Crippen LogP) is 1.63. The molecule has 158 valence electrons. The van der Waals surface area contributed by atoms with E-state index in [1.54, 1.807) is 13.0 Å². The molecule has 0 unspecified atom stereocenters. The van der Waals surface area contributed by atoms with E-state index in [-0.39, 0.29) is 35.3 Å². The summed E-state index contributed by atoms with van der Waals surface area (Å²) in [7, 11) is 0. The molecule has 0 bridgehead atoms. The Hall–Kier alpha value is -2.71. The number of rotatable bonds is 4. The molecule has 1 aliphatic heterocycles. The molecular weight excluding hydrogens is 380 g/mol. The van der Waals surface area contributed by atoms with Crippen LogP contribution in [-0.4, -0.2) is 52.5 Å². The summed E-state index contributed by atoms with van der Waals surface area (Å²) in [6, 6.07) is 0. The summed E-state index contributed by atoms with van der Waals surface area (Å²) >= 11 is 0. The zero-order valence-corrected chi connectivity index (χ0v) is 17.0. The topological polar surface area (TPSA) is 119 Å². The highest BCUT2D eigenvalue weighted by atomic mass is 16.6. The Morgan fingerprint density at radius 1 is 1.34 bits per heavy atom. The lowest BCUT2D eigenvalue weighted by atomic mass is 9.89. The van der Waals surface area contributed by atoms with Crippen LogP contribution in [0.25, 0.3) is 0 Å². The molecule has 8 nitrogen and oxygen atoms in total. The first-order valence-electron chi connectivity index (χ1n) is 9.16. The third-order valence-electron chi connectivity index (χ3n) is 4.47. The van der Waals surface area contributed by atoms with Crippen LogP contribution in [-0.2, 0) is 28.6 Å². The van der Waals surface area contributed by atoms with Crippen molar-refractivity contribution < 1.29 is 38.8 Å². The molecule has 0 saturated carbocycles. The maximum Gasteiger partial charge on any atom is 0.342 e. The SMILES string of the molecule is C=C(C)C(=O)O[C@H]1C/C(C)=C/[C@H](OC(C)=O)C[C@](C)(O)/C=C2\OC(=O)C(CO)=C21. The number of hydrogen-bond acceptors (Lipinski definition) is 8. The van der Waals surface area contributed by atoms with E-state index in [1.807, 2.05) is 0 Å². The molecule has 2 aliphatic rings. The second kappa shape index (κ2) is 8.75. The average molecular weight is 406 g/mol. The fourth-order valence-electron chi connectivity index (χ4n) is 3.29. The van der Waals surface area contributed by atoms with Gasteiger partial charge in [-0.25, -0.2) is 9.59 Å². The van der Waals surface area contributed by atoms with E-state index in [9.17, 15) is 24.6 Å². The van der Waals surface area contributed by atoms with Crippen LogP contribution >= 0.6 is 0 Å². The van der Waals surface area contributed by atoms with E-state index in [0.29, 0.717) is 5.57 Å². The molecule has 0 amide bonds. The van der Waals surface area contributed by atoms with Crippen molar-refractivity contribution in [2.75, 3.05) is 6.61 Å². The third-order valence-corrected chi connectivity index (χ3v) is 4.47. The van der Waals surface area contributed by atoms with Crippen LogP contribution in [0.15, 0.2) is 46.8 Å². The van der Waals surface area contributed by atoms with Gasteiger partial charge in [-0.15, -0.1) is 0 Å². The van der Waals surface area contributed by atoms with Gasteiger partial charge in [-0.05, 0) is 32.9 Å². The first-order chi connectivity index (χ1) is 13.4. The van der Waals surface area contributed by atoms with Crippen molar-refractivity contribution in [3.8, 4) is 0 Å². The Bertz CT molecular complexity index is 828. The maximum atomic E-state index is 12.2. The number of carbonyl (C=O) groups is 3. The van der Waals surface area contributed by atoms with Crippen LogP contribution in [0.4, 0.5) is 0 Å². The Balaban J connectivity index is 2.61. The summed E-state index contributed by atoms with van der Waals surface area (Å²) in [6.07, 6.45) is 1.43. The molecule has 0 saturated heterocycles. The van der Waals surface area contributed by atoms with Gasteiger partial charge in [0.2, 0.25) is 0 Å². The molecule has 0 aromatic heterocycles. The zero-order chi connectivity index (χ0) is 21.9. The summed E-state index contributed by atoms with van der Waals surface area (Å²) in [5.74, 6) is -1.97. The van der Waals surface area contributed by atoms with Crippen molar-refractivity contribution in [2.45, 2.75) is 58.3 Å². The van der Waals surface area contributed by atoms with Gasteiger partial charge in [0.1, 0.15) is 18.0 Å². The third kappa shape index (κ3) is 5.65. The molecule has 0 spiro atoms. The molecule has 0 aromatic carbocycles. The largest absolute Gasteiger partial charge is 0.458 e. The quantitative estimate of drug-likeness (QED) is 0.313. The van der Waals surface area contributed by atoms with Crippen LogP contribution in [0.2, 0.25) is 0 Å². The average Bonchev–Trinajstić information content (AvgIpc) is 2.86. The standard InChI is InChI=1S/C21H26O8/c1-11(2)19(24)28-16-7-12(3)6-14(27-13(4)23)8-21(5,26)9-17-18(16)15(10-22)20(25)29-17/h6,9,14,16,22,26H,1,7-8,10H2,2-5H3/b12-6+,17-9-/t14-,16-,21-/m0/s1. The summed E-state index contributed by atoms with van der Waals surface area (Å²) in [6.45, 7) is 8.91. The lowest BCUT2D eigenvalue weighted by Crippen LogP contribution is -2.32. The van der Waals surface area contributed by atoms with Crippen molar-refractivity contribution in [2.24, 2.45) is 0 Å². The van der Waals surface area contributed by atoms with Crippen LogP contribution in [0, 0.1) is 0 Å². The van der Waals surface area contributed by atoms with Gasteiger partial charge in [-0.3, -0.25) is 4.79 Å². The number of esters is 3. The highest BCUT2D eigenvalue weighted by Crippen LogP contribution is 2.36. The monoisotopic (exact) mass is 406 g/mol. The molecular formula is C21H26O8. The Kier molecular flexibility index (Phi) is 6.81. The molecule has 0 fully saturated rings. The van der Waals surface area contributed by atoms with Gasteiger partial charge in [0.15, 0.2) is 0 Å². The minimum absolute atomic E-state index is 0.000148. The number of hydrogen-bond donors (Lipinski definition) is 2. The second-order valence-corrected chi connectivity index (χ2v) is 7.55. The van der Waals surface area contributed by atoms with Gasteiger partial charge >= 0.3 is 17.9 Å². The van der Waals surface area contributed by atoms with Gasteiger partial charge < -0.3 is 24.4 Å². The minimum Gasteiger partial charge on any atom is -0.458 e. The van der Waals surface area contributed by atoms with Gasteiger partial charge in [0.05, 0.1) is 17.8 Å². The summed E-state index contributed by atoms with van der Waals surface area (Å²) < 4.78 is 16.0. The number of ether oxygens (including phenoxy) is 3. The van der Waals surface area contributed by atoms with Crippen molar-refractivity contribution in [3.63, 3.8) is 0 Å². The molecule has 8 heteroatoms. The predicted molar refractivity (Wildman–Crippen MR) is 102 cm³/mol. The minimum atomic E-state index is -1.52. The lowest BCUT2D eigenvalue weighted by molar-refractivity contribution is -0.145. The van der Waals surface area contributed by atoms with Crippen molar-refractivity contribution in [1.82, 2.24) is 0 Å². The van der Waals surface area contributed by atoms with E-state index in [4.69, 9.17) is 14.2 Å². The number of carbonyl (C=O) groups excluding carboxylic acids is 3. The summed E-state index contributed by atoms with van der Waals surface area (Å²) in [4.78, 5) is 35.9. The van der Waals surface area contributed by atoms with Crippen LogP contribution in [0.3, 0.4) is 0 Å². The van der Waals surface area contributed by atoms with Crippen molar-refractivity contribution in [1.29, 1.82) is 0 Å². The molecule has 3 atom stereocenters. The first kappa shape index (κ1) is 22.6. The van der Waals surface area contributed by atoms with Crippen molar-refractivity contribution in [3.05, 3.63) is 46.8 Å². The Morgan fingerprint density at radius 3 is 2.55 bits per heavy atom. The first-order valence-corrected chi connectivity index (χ1v) is 9.16. The van der Waals surface area contributed by atoms with E-state index in [1.165, 1.54) is 26.8 Å². The second-order valence-electron chi connectivity index (χ2n) is 7.55. The molecule has 29 heavy (non-hydrogen) atoms. The number of fused-ring (bicyclic) bond motifs is 1. The normalized spacial score (nSPS) is 30.9. The molecule has 0 radical (unpaired) electrons.